The fourth-order valence-electron chi connectivity index (χ4n) is 1.39. The minimum atomic E-state index is 0.0758. The first-order chi connectivity index (χ1) is 6.66. The monoisotopic (exact) mass is 204 g/mol. The van der Waals surface area contributed by atoms with Gasteiger partial charge in [0.1, 0.15) is 5.84 Å². The summed E-state index contributed by atoms with van der Waals surface area (Å²) in [5.74, 6) is 0.0758. The van der Waals surface area contributed by atoms with Crippen molar-refractivity contribution >= 4 is 28.2 Å². The molecule has 0 saturated heterocycles. The van der Waals surface area contributed by atoms with Gasteiger partial charge in [-0.15, -0.1) is 0 Å². The molecule has 0 saturated carbocycles. The van der Waals surface area contributed by atoms with Gasteiger partial charge in [-0.3, -0.25) is 5.41 Å². The summed E-state index contributed by atoms with van der Waals surface area (Å²) in [7, 11) is 0. The summed E-state index contributed by atoms with van der Waals surface area (Å²) in [6, 6.07) is 11.3. The molecule has 2 aromatic carbocycles. The van der Waals surface area contributed by atoms with Gasteiger partial charge in [-0.1, -0.05) is 29.8 Å². The maximum Gasteiger partial charge on any atom is 0.122 e. The van der Waals surface area contributed by atoms with E-state index in [4.69, 9.17) is 22.7 Å². The highest BCUT2D eigenvalue weighted by molar-refractivity contribution is 6.31. The van der Waals surface area contributed by atoms with Crippen LogP contribution in [0.5, 0.6) is 0 Å². The Bertz CT molecular complexity index is 506. The van der Waals surface area contributed by atoms with Gasteiger partial charge in [0.2, 0.25) is 0 Å². The van der Waals surface area contributed by atoms with E-state index < -0.39 is 0 Å². The SMILES string of the molecule is N=C(N)c1ccc2ccc(Cl)cc2c1. The third-order valence-corrected chi connectivity index (χ3v) is 2.35. The lowest BCUT2D eigenvalue weighted by molar-refractivity contribution is 1.43. The molecule has 0 aliphatic heterocycles. The predicted molar refractivity (Wildman–Crippen MR) is 60.0 cm³/mol. The number of nitrogen functional groups attached to an aromatic ring is 1. The van der Waals surface area contributed by atoms with Crippen molar-refractivity contribution in [3.05, 3.63) is 47.0 Å². The summed E-state index contributed by atoms with van der Waals surface area (Å²) >= 11 is 5.87. The molecule has 0 spiro atoms. The zero-order valence-electron chi connectivity index (χ0n) is 7.42. The molecule has 14 heavy (non-hydrogen) atoms. The number of amidine groups is 1. The summed E-state index contributed by atoms with van der Waals surface area (Å²) in [5.41, 5.74) is 6.12. The number of hydrogen-bond acceptors (Lipinski definition) is 1. The second-order valence-corrected chi connectivity index (χ2v) is 3.56. The zero-order chi connectivity index (χ0) is 10.1. The number of nitrogens with one attached hydrogen (secondary N) is 1. The van der Waals surface area contributed by atoms with E-state index >= 15 is 0 Å². The first-order valence-corrected chi connectivity index (χ1v) is 4.58. The van der Waals surface area contributed by atoms with Gasteiger partial charge in [0.15, 0.2) is 0 Å². The topological polar surface area (TPSA) is 49.9 Å². The minimum absolute atomic E-state index is 0.0758. The van der Waals surface area contributed by atoms with Crippen molar-refractivity contribution < 1.29 is 0 Å². The number of rotatable bonds is 1. The Kier molecular flexibility index (Phi) is 2.14. The van der Waals surface area contributed by atoms with Gasteiger partial charge in [-0.2, -0.15) is 0 Å². The van der Waals surface area contributed by atoms with E-state index in [0.717, 1.165) is 16.3 Å². The van der Waals surface area contributed by atoms with Crippen LogP contribution in [0.4, 0.5) is 0 Å². The summed E-state index contributed by atoms with van der Waals surface area (Å²) in [5, 5.41) is 10.1. The van der Waals surface area contributed by atoms with Gasteiger partial charge in [0.25, 0.3) is 0 Å². The van der Waals surface area contributed by atoms with E-state index in [1.807, 2.05) is 36.4 Å². The van der Waals surface area contributed by atoms with E-state index in [9.17, 15) is 0 Å². The maximum absolute atomic E-state index is 7.31. The quantitative estimate of drug-likeness (QED) is 0.545. The number of fused-ring (bicyclic) bond motifs is 1. The third kappa shape index (κ3) is 1.56. The average Bonchev–Trinajstić information content (AvgIpc) is 2.16. The Hall–Kier alpha value is -1.54. The molecule has 3 N–H and O–H groups in total. The van der Waals surface area contributed by atoms with E-state index in [0.29, 0.717) is 5.02 Å². The van der Waals surface area contributed by atoms with Crippen LogP contribution in [0, 0.1) is 5.41 Å². The Morgan fingerprint density at radius 1 is 1.07 bits per heavy atom. The predicted octanol–water partition coefficient (Wildman–Crippen LogP) is 2.78. The number of benzene rings is 2. The largest absolute Gasteiger partial charge is 0.384 e. The Labute approximate surface area is 86.8 Å². The minimum Gasteiger partial charge on any atom is -0.384 e. The zero-order valence-corrected chi connectivity index (χ0v) is 8.18. The van der Waals surface area contributed by atoms with Gasteiger partial charge in [-0.05, 0) is 29.0 Å². The molecule has 70 valence electrons. The molecule has 0 aliphatic carbocycles. The van der Waals surface area contributed by atoms with Crippen molar-refractivity contribution in [2.75, 3.05) is 0 Å². The highest BCUT2D eigenvalue weighted by Crippen LogP contribution is 2.20. The molecular formula is C11H9ClN2. The van der Waals surface area contributed by atoms with Crippen LogP contribution >= 0.6 is 11.6 Å². The van der Waals surface area contributed by atoms with E-state index in [1.165, 1.54) is 0 Å². The van der Waals surface area contributed by atoms with Crippen LogP contribution in [-0.2, 0) is 0 Å². The molecule has 0 fully saturated rings. The summed E-state index contributed by atoms with van der Waals surface area (Å²) < 4.78 is 0. The Morgan fingerprint density at radius 2 is 1.79 bits per heavy atom. The second-order valence-electron chi connectivity index (χ2n) is 3.12. The van der Waals surface area contributed by atoms with Gasteiger partial charge >= 0.3 is 0 Å². The van der Waals surface area contributed by atoms with Gasteiger partial charge in [-0.25, -0.2) is 0 Å². The van der Waals surface area contributed by atoms with Crippen LogP contribution in [0.3, 0.4) is 0 Å². The lowest BCUT2D eigenvalue weighted by Crippen LogP contribution is -2.10. The fraction of sp³-hybridized carbons (Fsp3) is 0. The van der Waals surface area contributed by atoms with Crippen LogP contribution in [0.1, 0.15) is 5.56 Å². The van der Waals surface area contributed by atoms with Gasteiger partial charge < -0.3 is 5.73 Å². The molecule has 2 aromatic rings. The highest BCUT2D eigenvalue weighted by atomic mass is 35.5. The Balaban J connectivity index is 2.69. The second kappa shape index (κ2) is 3.31. The van der Waals surface area contributed by atoms with Gasteiger partial charge in [0, 0.05) is 10.6 Å². The number of halogens is 1. The first kappa shape index (κ1) is 9.03. The average molecular weight is 205 g/mol. The molecule has 0 unspecified atom stereocenters. The molecule has 0 atom stereocenters. The van der Waals surface area contributed by atoms with Crippen LogP contribution in [0.2, 0.25) is 5.02 Å². The molecule has 0 aromatic heterocycles. The smallest absolute Gasteiger partial charge is 0.122 e. The number of nitrogens with two attached hydrogens (primary N) is 1. The molecule has 0 amide bonds. The lowest BCUT2D eigenvalue weighted by Gasteiger charge is -2.01. The maximum atomic E-state index is 7.31. The normalized spacial score (nSPS) is 10.4. The van der Waals surface area contributed by atoms with Crippen LogP contribution in [-0.4, -0.2) is 5.84 Å². The van der Waals surface area contributed by atoms with Crippen LogP contribution in [0.15, 0.2) is 36.4 Å². The molecular weight excluding hydrogens is 196 g/mol. The molecule has 0 heterocycles. The van der Waals surface area contributed by atoms with E-state index in [1.54, 1.807) is 0 Å². The summed E-state index contributed by atoms with van der Waals surface area (Å²) in [6.07, 6.45) is 0. The fourth-order valence-corrected chi connectivity index (χ4v) is 1.57. The molecule has 0 aliphatic rings. The molecule has 2 nitrogen and oxygen atoms in total. The summed E-state index contributed by atoms with van der Waals surface area (Å²) in [6.45, 7) is 0. The van der Waals surface area contributed by atoms with Crippen molar-refractivity contribution in [2.24, 2.45) is 5.73 Å². The third-order valence-electron chi connectivity index (χ3n) is 2.11. The molecule has 2 rings (SSSR count). The van der Waals surface area contributed by atoms with E-state index in [-0.39, 0.29) is 5.84 Å². The number of hydrogen-bond donors (Lipinski definition) is 2. The highest BCUT2D eigenvalue weighted by Gasteiger charge is 1.99. The standard InChI is InChI=1S/C11H9ClN2/c12-10-4-3-7-1-2-8(11(13)14)5-9(7)6-10/h1-6H,(H3,13,14). The van der Waals surface area contributed by atoms with Crippen molar-refractivity contribution in [3.63, 3.8) is 0 Å². The van der Waals surface area contributed by atoms with Crippen LogP contribution < -0.4 is 5.73 Å². The first-order valence-electron chi connectivity index (χ1n) is 4.20. The molecule has 0 bridgehead atoms. The van der Waals surface area contributed by atoms with Crippen molar-refractivity contribution in [1.29, 1.82) is 5.41 Å². The van der Waals surface area contributed by atoms with Crippen molar-refractivity contribution in [3.8, 4) is 0 Å². The Morgan fingerprint density at radius 3 is 2.50 bits per heavy atom. The molecule has 0 radical (unpaired) electrons. The lowest BCUT2D eigenvalue weighted by atomic mass is 10.1. The summed E-state index contributed by atoms with van der Waals surface area (Å²) in [4.78, 5) is 0. The van der Waals surface area contributed by atoms with Crippen molar-refractivity contribution in [1.82, 2.24) is 0 Å². The molecule has 3 heteroatoms. The van der Waals surface area contributed by atoms with Crippen molar-refractivity contribution in [2.45, 2.75) is 0 Å². The van der Waals surface area contributed by atoms with Gasteiger partial charge in [0.05, 0.1) is 0 Å². The van der Waals surface area contributed by atoms with E-state index in [2.05, 4.69) is 0 Å². The van der Waals surface area contributed by atoms with Crippen LogP contribution in [0.25, 0.3) is 10.8 Å².